The van der Waals surface area contributed by atoms with Crippen molar-refractivity contribution in [1.82, 2.24) is 24.7 Å². The predicted molar refractivity (Wildman–Crippen MR) is 134 cm³/mol. The second-order valence-corrected chi connectivity index (χ2v) is 8.82. The Hall–Kier alpha value is -3.29. The number of hydrogen-bond acceptors (Lipinski definition) is 6. The van der Waals surface area contributed by atoms with E-state index >= 15 is 0 Å². The van der Waals surface area contributed by atoms with E-state index in [1.165, 1.54) is 11.1 Å². The van der Waals surface area contributed by atoms with Gasteiger partial charge in [0.25, 0.3) is 0 Å². The van der Waals surface area contributed by atoms with Crippen molar-refractivity contribution in [2.45, 2.75) is 37.9 Å². The molecule has 1 N–H and O–H groups in total. The van der Waals surface area contributed by atoms with Gasteiger partial charge in [0.2, 0.25) is 5.95 Å². The molecule has 0 spiro atoms. The summed E-state index contributed by atoms with van der Waals surface area (Å²) < 4.78 is 8.22. The van der Waals surface area contributed by atoms with Crippen molar-refractivity contribution in [3.05, 3.63) is 90.1 Å². The van der Waals surface area contributed by atoms with Gasteiger partial charge in [0.1, 0.15) is 6.10 Å². The molecule has 7 heteroatoms. The summed E-state index contributed by atoms with van der Waals surface area (Å²) in [6.45, 7) is 4.17. The van der Waals surface area contributed by atoms with Crippen molar-refractivity contribution in [2.24, 2.45) is 0 Å². The molecule has 0 aliphatic carbocycles. The lowest BCUT2D eigenvalue weighted by Gasteiger charge is -2.34. The molecule has 2 aromatic carbocycles. The molecule has 1 aliphatic heterocycles. The molecule has 7 nitrogen and oxygen atoms in total. The number of nitrogens with zero attached hydrogens (tertiary/aromatic N) is 5. The highest BCUT2D eigenvalue weighted by molar-refractivity contribution is 5.41. The predicted octanol–water partition coefficient (Wildman–Crippen LogP) is 4.59. The van der Waals surface area contributed by atoms with Crippen LogP contribution in [0.4, 0.5) is 5.95 Å². The van der Waals surface area contributed by atoms with E-state index in [0.717, 1.165) is 57.5 Å². The van der Waals surface area contributed by atoms with Crippen molar-refractivity contribution < 1.29 is 4.74 Å². The average molecular weight is 457 g/mol. The maximum atomic E-state index is 6.67. The van der Waals surface area contributed by atoms with E-state index in [1.54, 1.807) is 10.8 Å². The first-order chi connectivity index (χ1) is 16.8. The Kier molecular flexibility index (Phi) is 7.43. The zero-order chi connectivity index (χ0) is 23.0. The minimum Gasteiger partial charge on any atom is -0.365 e. The number of aromatic nitrogens is 4. The lowest BCUT2D eigenvalue weighted by molar-refractivity contribution is -0.0270. The molecule has 0 saturated carbocycles. The van der Waals surface area contributed by atoms with Gasteiger partial charge in [-0.25, -0.2) is 0 Å². The first-order valence-electron chi connectivity index (χ1n) is 12.2. The number of hydrogen-bond donors (Lipinski definition) is 1. The highest BCUT2D eigenvalue weighted by atomic mass is 16.5. The van der Waals surface area contributed by atoms with Gasteiger partial charge < -0.3 is 15.0 Å². The smallest absolute Gasteiger partial charge is 0.244 e. The quantitative estimate of drug-likeness (QED) is 0.352. The number of likely N-dealkylation sites (tertiary alicyclic amines) is 1. The van der Waals surface area contributed by atoms with E-state index in [9.17, 15) is 0 Å². The van der Waals surface area contributed by atoms with Crippen molar-refractivity contribution in [1.29, 1.82) is 0 Å². The van der Waals surface area contributed by atoms with Crippen LogP contribution in [-0.4, -0.2) is 57.0 Å². The number of fused-ring (bicyclic) bond motifs is 1. The molecule has 0 amide bonds. The van der Waals surface area contributed by atoms with Crippen molar-refractivity contribution in [3.63, 3.8) is 0 Å². The fourth-order valence-electron chi connectivity index (χ4n) is 4.54. The van der Waals surface area contributed by atoms with Crippen LogP contribution in [0.15, 0.2) is 79.0 Å². The van der Waals surface area contributed by atoms with Gasteiger partial charge in [-0.05, 0) is 55.5 Å². The molecule has 0 radical (unpaired) electrons. The second kappa shape index (κ2) is 11.2. The summed E-state index contributed by atoms with van der Waals surface area (Å²) in [5.41, 5.74) is 3.20. The summed E-state index contributed by atoms with van der Waals surface area (Å²) in [5.74, 6) is 0.642. The zero-order valence-corrected chi connectivity index (χ0v) is 19.5. The number of anilines is 1. The molecular formula is C27H32N6O. The minimum atomic E-state index is -0.00607. The van der Waals surface area contributed by atoms with Gasteiger partial charge in [-0.15, -0.1) is 9.73 Å². The standard InChI is InChI=1S/C27H32N6O/c1-3-10-22(11-4-1)26(23-12-5-2-6-13-23)34-24-15-20-32(21-16-24)19-8-7-17-28-27-30-25-14-9-18-29-33(25)31-27/h1-6,9-14,18,24,26H,7-8,15-17,19-21H2,(H,28,31). The fraction of sp³-hybridized carbons (Fsp3) is 0.370. The van der Waals surface area contributed by atoms with Crippen LogP contribution in [0.1, 0.15) is 42.9 Å². The van der Waals surface area contributed by atoms with Crippen molar-refractivity contribution >= 4 is 11.6 Å². The molecule has 34 heavy (non-hydrogen) atoms. The molecule has 1 fully saturated rings. The van der Waals surface area contributed by atoms with E-state index < -0.39 is 0 Å². The molecule has 4 aromatic rings. The van der Waals surface area contributed by atoms with Gasteiger partial charge in [0.05, 0.1) is 6.10 Å². The fourth-order valence-corrected chi connectivity index (χ4v) is 4.54. The van der Waals surface area contributed by atoms with Crippen LogP contribution in [0.2, 0.25) is 0 Å². The largest absolute Gasteiger partial charge is 0.365 e. The third-order valence-electron chi connectivity index (χ3n) is 6.37. The highest BCUT2D eigenvalue weighted by Crippen LogP contribution is 2.30. The van der Waals surface area contributed by atoms with Crippen LogP contribution in [0.25, 0.3) is 5.65 Å². The Morgan fingerprint density at radius 1 is 0.882 bits per heavy atom. The van der Waals surface area contributed by atoms with Crippen LogP contribution in [-0.2, 0) is 4.74 Å². The Morgan fingerprint density at radius 2 is 1.59 bits per heavy atom. The van der Waals surface area contributed by atoms with Crippen LogP contribution < -0.4 is 5.32 Å². The number of ether oxygens (including phenoxy) is 1. The molecule has 0 atom stereocenters. The SMILES string of the molecule is c1ccc(C(OC2CCN(CCCCNc3nc4cccnn4n3)CC2)c2ccccc2)cc1. The Bertz CT molecular complexity index is 1070. The van der Waals surface area contributed by atoms with Crippen LogP contribution in [0.5, 0.6) is 0 Å². The lowest BCUT2D eigenvalue weighted by atomic mass is 10.00. The molecular weight excluding hydrogens is 424 g/mol. The Balaban J connectivity index is 1.04. The summed E-state index contributed by atoms with van der Waals surface area (Å²) in [4.78, 5) is 6.99. The van der Waals surface area contributed by atoms with Crippen LogP contribution in [0, 0.1) is 0 Å². The zero-order valence-electron chi connectivity index (χ0n) is 19.5. The summed E-state index contributed by atoms with van der Waals surface area (Å²) in [7, 11) is 0. The van der Waals surface area contributed by atoms with E-state index in [0.29, 0.717) is 5.95 Å². The van der Waals surface area contributed by atoms with Gasteiger partial charge in [0, 0.05) is 25.8 Å². The number of nitrogens with one attached hydrogen (secondary N) is 1. The van der Waals surface area contributed by atoms with E-state index in [1.807, 2.05) is 12.1 Å². The molecule has 1 saturated heterocycles. The van der Waals surface area contributed by atoms with Crippen LogP contribution in [0.3, 0.4) is 0 Å². The summed E-state index contributed by atoms with van der Waals surface area (Å²) >= 11 is 0. The van der Waals surface area contributed by atoms with Crippen molar-refractivity contribution in [3.8, 4) is 0 Å². The number of piperidine rings is 1. The minimum absolute atomic E-state index is 0.00607. The average Bonchev–Trinajstić information content (AvgIpc) is 3.32. The van der Waals surface area contributed by atoms with Gasteiger partial charge in [-0.1, -0.05) is 60.7 Å². The molecule has 3 heterocycles. The molecule has 2 aromatic heterocycles. The normalized spacial score (nSPS) is 15.2. The molecule has 1 aliphatic rings. The van der Waals surface area contributed by atoms with E-state index in [2.05, 4.69) is 86.1 Å². The Labute approximate surface area is 200 Å². The first kappa shape index (κ1) is 22.5. The second-order valence-electron chi connectivity index (χ2n) is 8.82. The maximum Gasteiger partial charge on any atom is 0.244 e. The molecule has 176 valence electrons. The van der Waals surface area contributed by atoms with Gasteiger partial charge in [0.15, 0.2) is 5.65 Å². The third kappa shape index (κ3) is 5.79. The maximum absolute atomic E-state index is 6.67. The Morgan fingerprint density at radius 3 is 2.26 bits per heavy atom. The number of unbranched alkanes of at least 4 members (excludes halogenated alkanes) is 1. The summed E-state index contributed by atoms with van der Waals surface area (Å²) in [5, 5.41) is 11.8. The highest BCUT2D eigenvalue weighted by Gasteiger charge is 2.24. The topological polar surface area (TPSA) is 67.6 Å². The van der Waals surface area contributed by atoms with E-state index in [4.69, 9.17) is 4.74 Å². The van der Waals surface area contributed by atoms with Crippen molar-refractivity contribution in [2.75, 3.05) is 31.5 Å². The molecule has 0 unspecified atom stereocenters. The third-order valence-corrected chi connectivity index (χ3v) is 6.37. The number of benzene rings is 2. The lowest BCUT2D eigenvalue weighted by Crippen LogP contribution is -2.38. The number of rotatable bonds is 10. The van der Waals surface area contributed by atoms with Gasteiger partial charge >= 0.3 is 0 Å². The summed E-state index contributed by atoms with van der Waals surface area (Å²) in [6, 6.07) is 24.9. The summed E-state index contributed by atoms with van der Waals surface area (Å²) in [6.07, 6.45) is 6.39. The van der Waals surface area contributed by atoms with Gasteiger partial charge in [-0.3, -0.25) is 0 Å². The van der Waals surface area contributed by atoms with E-state index in [-0.39, 0.29) is 12.2 Å². The molecule has 0 bridgehead atoms. The molecule has 5 rings (SSSR count). The van der Waals surface area contributed by atoms with Crippen LogP contribution >= 0.6 is 0 Å². The monoisotopic (exact) mass is 456 g/mol. The van der Waals surface area contributed by atoms with Gasteiger partial charge in [-0.2, -0.15) is 10.1 Å². The first-order valence-corrected chi connectivity index (χ1v) is 12.2.